The molecule has 0 fully saturated rings. The molecule has 19 heavy (non-hydrogen) atoms. The van der Waals surface area contributed by atoms with E-state index in [-0.39, 0.29) is 18.1 Å². The number of terminal acetylenes is 1. The molecule has 0 aromatic heterocycles. The van der Waals surface area contributed by atoms with E-state index in [4.69, 9.17) is 6.42 Å². The van der Waals surface area contributed by atoms with E-state index in [1.165, 1.54) is 0 Å². The van der Waals surface area contributed by atoms with Gasteiger partial charge in [-0.2, -0.15) is 0 Å². The summed E-state index contributed by atoms with van der Waals surface area (Å²) in [6.07, 6.45) is 11.0. The predicted octanol–water partition coefficient (Wildman–Crippen LogP) is 2.89. The molecule has 0 saturated heterocycles. The van der Waals surface area contributed by atoms with Gasteiger partial charge in [0.1, 0.15) is 0 Å². The Labute approximate surface area is 113 Å². The maximum absolute atomic E-state index is 11.8. The number of allylic oxidation sites excluding steroid dienone is 5. The largest absolute Gasteiger partial charge is 0.504 e. The van der Waals surface area contributed by atoms with Crippen molar-refractivity contribution in [1.82, 2.24) is 0 Å². The van der Waals surface area contributed by atoms with Crippen LogP contribution in [0.25, 0.3) is 0 Å². The maximum atomic E-state index is 11.8. The van der Waals surface area contributed by atoms with Crippen LogP contribution in [0.5, 0.6) is 0 Å². The molecular weight excluding hydrogens is 240 g/mol. The van der Waals surface area contributed by atoms with Crippen LogP contribution in [0.4, 0.5) is 0 Å². The van der Waals surface area contributed by atoms with Gasteiger partial charge < -0.3 is 5.11 Å². The zero-order valence-electron chi connectivity index (χ0n) is 11.1. The molecule has 1 aliphatic rings. The van der Waals surface area contributed by atoms with Crippen LogP contribution >= 0.6 is 0 Å². The van der Waals surface area contributed by atoms with Crippen LogP contribution in [-0.4, -0.2) is 16.7 Å². The van der Waals surface area contributed by atoms with Gasteiger partial charge in [-0.25, -0.2) is 0 Å². The third-order valence-electron chi connectivity index (χ3n) is 3.19. The van der Waals surface area contributed by atoms with E-state index in [9.17, 15) is 14.7 Å². The zero-order valence-corrected chi connectivity index (χ0v) is 11.1. The Hall–Kier alpha value is -2.08. The molecule has 0 aliphatic heterocycles. The fourth-order valence-corrected chi connectivity index (χ4v) is 2.24. The lowest BCUT2D eigenvalue weighted by Crippen LogP contribution is -2.13. The van der Waals surface area contributed by atoms with Crippen molar-refractivity contribution in [2.24, 2.45) is 5.92 Å². The first-order valence-electron chi connectivity index (χ1n) is 6.24. The normalized spacial score (nSPS) is 19.3. The molecule has 3 nitrogen and oxygen atoms in total. The molecule has 0 saturated carbocycles. The van der Waals surface area contributed by atoms with Gasteiger partial charge in [0.25, 0.3) is 5.78 Å². The fourth-order valence-electron chi connectivity index (χ4n) is 2.24. The molecule has 0 aromatic rings. The molecular formula is C16H18O3. The first-order valence-corrected chi connectivity index (χ1v) is 6.24. The van der Waals surface area contributed by atoms with Gasteiger partial charge in [0.05, 0.1) is 0 Å². The van der Waals surface area contributed by atoms with Crippen LogP contribution in [0.2, 0.25) is 0 Å². The Morgan fingerprint density at radius 2 is 2.32 bits per heavy atom. The Morgan fingerprint density at radius 1 is 1.63 bits per heavy atom. The van der Waals surface area contributed by atoms with Gasteiger partial charge >= 0.3 is 0 Å². The van der Waals surface area contributed by atoms with E-state index in [1.807, 2.05) is 6.92 Å². The number of aliphatic hydroxyl groups is 1. The number of hydrogen-bond donors (Lipinski definition) is 1. The minimum absolute atomic E-state index is 0.194. The van der Waals surface area contributed by atoms with Gasteiger partial charge in [-0.15, -0.1) is 6.42 Å². The third kappa shape index (κ3) is 4.26. The molecule has 0 aromatic carbocycles. The van der Waals surface area contributed by atoms with Crippen molar-refractivity contribution < 1.29 is 14.7 Å². The highest BCUT2D eigenvalue weighted by molar-refractivity contribution is 6.10. The molecule has 0 radical (unpaired) electrons. The molecule has 1 aliphatic carbocycles. The van der Waals surface area contributed by atoms with Crippen molar-refractivity contribution in [3.8, 4) is 12.3 Å². The quantitative estimate of drug-likeness (QED) is 0.271. The molecule has 0 heterocycles. The molecule has 1 N–H and O–H groups in total. The summed E-state index contributed by atoms with van der Waals surface area (Å²) in [7, 11) is 0. The number of carbonyl (C=O) groups is 2. The van der Waals surface area contributed by atoms with Gasteiger partial charge in [0.2, 0.25) is 0 Å². The summed E-state index contributed by atoms with van der Waals surface area (Å²) >= 11 is 0. The lowest BCUT2D eigenvalue weighted by molar-refractivity contribution is -0.116. The molecule has 1 unspecified atom stereocenters. The highest BCUT2D eigenvalue weighted by Gasteiger charge is 2.20. The second kappa shape index (κ2) is 6.75. The lowest BCUT2D eigenvalue weighted by atomic mass is 9.81. The summed E-state index contributed by atoms with van der Waals surface area (Å²) in [5.41, 5.74) is 2.05. The van der Waals surface area contributed by atoms with E-state index < -0.39 is 11.5 Å². The molecule has 0 spiro atoms. The summed E-state index contributed by atoms with van der Waals surface area (Å²) in [6.45, 7) is 5.89. The van der Waals surface area contributed by atoms with Crippen molar-refractivity contribution in [3.05, 3.63) is 35.6 Å². The Bertz CT molecular complexity index is 501. The van der Waals surface area contributed by atoms with Gasteiger partial charge in [0, 0.05) is 18.4 Å². The summed E-state index contributed by atoms with van der Waals surface area (Å²) in [5.74, 6) is 0.119. The third-order valence-corrected chi connectivity index (χ3v) is 3.19. The average Bonchev–Trinajstić information content (AvgIpc) is 2.37. The van der Waals surface area contributed by atoms with Crippen molar-refractivity contribution >= 4 is 11.6 Å². The molecule has 0 amide bonds. The van der Waals surface area contributed by atoms with E-state index in [0.717, 1.165) is 36.5 Å². The van der Waals surface area contributed by atoms with Gasteiger partial charge in [-0.3, -0.25) is 9.59 Å². The van der Waals surface area contributed by atoms with Crippen molar-refractivity contribution in [2.45, 2.75) is 32.6 Å². The fraction of sp³-hybridized carbons (Fsp3) is 0.375. The van der Waals surface area contributed by atoms with Gasteiger partial charge in [0.15, 0.2) is 11.5 Å². The van der Waals surface area contributed by atoms with Crippen molar-refractivity contribution in [1.29, 1.82) is 0 Å². The molecule has 100 valence electrons. The van der Waals surface area contributed by atoms with Crippen molar-refractivity contribution in [2.75, 3.05) is 0 Å². The average molecular weight is 258 g/mol. The highest BCUT2D eigenvalue weighted by atomic mass is 16.3. The predicted molar refractivity (Wildman–Crippen MR) is 74.4 cm³/mol. The topological polar surface area (TPSA) is 54.4 Å². The van der Waals surface area contributed by atoms with E-state index in [0.29, 0.717) is 0 Å². The van der Waals surface area contributed by atoms with Crippen LogP contribution in [0.1, 0.15) is 32.6 Å². The highest BCUT2D eigenvalue weighted by Crippen LogP contribution is 2.32. The minimum Gasteiger partial charge on any atom is -0.504 e. The van der Waals surface area contributed by atoms with Crippen molar-refractivity contribution in [3.63, 3.8) is 0 Å². The van der Waals surface area contributed by atoms with E-state index in [1.54, 1.807) is 5.92 Å². The van der Waals surface area contributed by atoms with E-state index >= 15 is 0 Å². The Morgan fingerprint density at radius 3 is 2.89 bits per heavy atom. The number of hydrogen-bond acceptors (Lipinski definition) is 3. The number of rotatable bonds is 5. The molecule has 1 atom stereocenters. The molecule has 0 bridgehead atoms. The smallest absolute Gasteiger partial charge is 0.270 e. The maximum Gasteiger partial charge on any atom is 0.270 e. The summed E-state index contributed by atoms with van der Waals surface area (Å²) in [6, 6.07) is 0. The molecule has 1 rings (SSSR count). The van der Waals surface area contributed by atoms with Gasteiger partial charge in [-0.05, 0) is 32.1 Å². The standard InChI is InChI=1S/C16H18O3/c1-4-15(18)16(19)10-13(17)9-12-7-5-6-8-14(12)11(2)3/h1,7,10,14,19H,2,5-6,8-9H2,3H3/b16-10+. The Balaban J connectivity index is 2.76. The Kier molecular flexibility index (Phi) is 5.32. The summed E-state index contributed by atoms with van der Waals surface area (Å²) in [5, 5.41) is 9.30. The number of aliphatic hydroxyl groups excluding tert-OH is 1. The van der Waals surface area contributed by atoms with Crippen LogP contribution in [0, 0.1) is 18.3 Å². The van der Waals surface area contributed by atoms with Crippen LogP contribution in [0.3, 0.4) is 0 Å². The summed E-state index contributed by atoms with van der Waals surface area (Å²) < 4.78 is 0. The van der Waals surface area contributed by atoms with Gasteiger partial charge in [-0.1, -0.05) is 23.8 Å². The first-order chi connectivity index (χ1) is 8.95. The minimum atomic E-state index is -0.873. The number of carbonyl (C=O) groups excluding carboxylic acids is 2. The summed E-state index contributed by atoms with van der Waals surface area (Å²) in [4.78, 5) is 22.8. The second-order valence-corrected chi connectivity index (χ2v) is 4.76. The molecule has 3 heteroatoms. The monoisotopic (exact) mass is 258 g/mol. The second-order valence-electron chi connectivity index (χ2n) is 4.76. The van der Waals surface area contributed by atoms with Crippen LogP contribution < -0.4 is 0 Å². The van der Waals surface area contributed by atoms with E-state index in [2.05, 4.69) is 12.7 Å². The van der Waals surface area contributed by atoms with Crippen LogP contribution in [-0.2, 0) is 9.59 Å². The first kappa shape index (κ1) is 15.0. The van der Waals surface area contributed by atoms with Crippen LogP contribution in [0.15, 0.2) is 35.6 Å². The SMILES string of the molecule is C#CC(=O)/C(O)=C\C(=O)CC1=CCCCC1C(=C)C. The lowest BCUT2D eigenvalue weighted by Gasteiger charge is -2.24. The number of ketones is 2. The number of Topliss-reactive ketones (excluding diaryl/α,β-unsaturated/α-hetero) is 1. The zero-order chi connectivity index (χ0) is 14.4.